The smallest absolute Gasteiger partial charge is 0.140 e. The second-order valence-corrected chi connectivity index (χ2v) is 5.50. The first-order chi connectivity index (χ1) is 9.79. The molecule has 0 saturated heterocycles. The second-order valence-electron chi connectivity index (χ2n) is 5.09. The summed E-state index contributed by atoms with van der Waals surface area (Å²) >= 11 is 6.16. The molecule has 2 aromatic rings. The van der Waals surface area contributed by atoms with Gasteiger partial charge in [0.15, 0.2) is 0 Å². The van der Waals surface area contributed by atoms with Crippen LogP contribution in [0, 0.1) is 11.3 Å². The molecule has 0 aromatic heterocycles. The number of halogens is 1. The van der Waals surface area contributed by atoms with Crippen LogP contribution < -0.4 is 5.32 Å². The van der Waals surface area contributed by atoms with Crippen molar-refractivity contribution < 1.29 is 0 Å². The van der Waals surface area contributed by atoms with Gasteiger partial charge in [-0.15, -0.1) is 0 Å². The average Bonchev–Trinajstić information content (AvgIpc) is 3.31. The van der Waals surface area contributed by atoms with Crippen LogP contribution in [0.2, 0.25) is 5.02 Å². The lowest BCUT2D eigenvalue weighted by Gasteiger charge is -2.17. The summed E-state index contributed by atoms with van der Waals surface area (Å²) in [6, 6.07) is 17.7. The molecule has 1 N–H and O–H groups in total. The highest BCUT2D eigenvalue weighted by molar-refractivity contribution is 6.33. The largest absolute Gasteiger partial charge is 0.365 e. The zero-order chi connectivity index (χ0) is 13.9. The SMILES string of the molecule is N#CC(Nc1ccccc1Cl)c1ccccc1C1CC1. The van der Waals surface area contributed by atoms with Crippen LogP contribution in [0.1, 0.15) is 35.9 Å². The zero-order valence-electron chi connectivity index (χ0n) is 11.0. The number of para-hydroxylation sites is 1. The highest BCUT2D eigenvalue weighted by Gasteiger charge is 2.28. The molecule has 1 aliphatic rings. The molecule has 2 nitrogen and oxygen atoms in total. The van der Waals surface area contributed by atoms with Crippen molar-refractivity contribution in [2.24, 2.45) is 0 Å². The number of hydrogen-bond acceptors (Lipinski definition) is 2. The fraction of sp³-hybridized carbons (Fsp3) is 0.235. The molecule has 1 atom stereocenters. The van der Waals surface area contributed by atoms with Crippen molar-refractivity contribution in [3.8, 4) is 6.07 Å². The standard InChI is InChI=1S/C17H15ClN2/c18-15-7-3-4-8-16(15)20-17(11-19)14-6-2-1-5-13(14)12-9-10-12/h1-8,12,17,20H,9-10H2. The maximum atomic E-state index is 9.50. The minimum Gasteiger partial charge on any atom is -0.365 e. The maximum absolute atomic E-state index is 9.50. The van der Waals surface area contributed by atoms with Crippen molar-refractivity contribution in [1.29, 1.82) is 5.26 Å². The van der Waals surface area contributed by atoms with Crippen LogP contribution in [-0.2, 0) is 0 Å². The Morgan fingerprint density at radius 2 is 1.80 bits per heavy atom. The van der Waals surface area contributed by atoms with E-state index in [9.17, 15) is 5.26 Å². The molecule has 1 fully saturated rings. The molecule has 0 heterocycles. The number of benzene rings is 2. The molecule has 1 unspecified atom stereocenters. The van der Waals surface area contributed by atoms with E-state index in [0.717, 1.165) is 11.3 Å². The molecule has 20 heavy (non-hydrogen) atoms. The van der Waals surface area contributed by atoms with Gasteiger partial charge in [-0.1, -0.05) is 48.0 Å². The summed E-state index contributed by atoms with van der Waals surface area (Å²) in [6.45, 7) is 0. The van der Waals surface area contributed by atoms with Crippen molar-refractivity contribution in [3.05, 3.63) is 64.7 Å². The lowest BCUT2D eigenvalue weighted by molar-refractivity contribution is 0.949. The minimum absolute atomic E-state index is 0.369. The Balaban J connectivity index is 1.91. The van der Waals surface area contributed by atoms with Crippen LogP contribution in [-0.4, -0.2) is 0 Å². The normalized spacial score (nSPS) is 15.4. The lowest BCUT2D eigenvalue weighted by atomic mass is 9.97. The van der Waals surface area contributed by atoms with Gasteiger partial charge >= 0.3 is 0 Å². The van der Waals surface area contributed by atoms with E-state index in [1.165, 1.54) is 18.4 Å². The first-order valence-electron chi connectivity index (χ1n) is 6.79. The first kappa shape index (κ1) is 13.0. The summed E-state index contributed by atoms with van der Waals surface area (Å²) in [6.07, 6.45) is 2.45. The summed E-state index contributed by atoms with van der Waals surface area (Å²) in [7, 11) is 0. The van der Waals surface area contributed by atoms with Crippen LogP contribution >= 0.6 is 11.6 Å². The van der Waals surface area contributed by atoms with Gasteiger partial charge < -0.3 is 5.32 Å². The van der Waals surface area contributed by atoms with E-state index in [0.29, 0.717) is 10.9 Å². The summed E-state index contributed by atoms with van der Waals surface area (Å²) in [5.41, 5.74) is 3.15. The quantitative estimate of drug-likeness (QED) is 0.866. The molecule has 3 heteroatoms. The fourth-order valence-corrected chi connectivity index (χ4v) is 2.64. The van der Waals surface area contributed by atoms with Gasteiger partial charge in [-0.3, -0.25) is 0 Å². The Morgan fingerprint density at radius 1 is 1.10 bits per heavy atom. The van der Waals surface area contributed by atoms with Gasteiger partial charge in [-0.2, -0.15) is 5.26 Å². The van der Waals surface area contributed by atoms with E-state index in [1.54, 1.807) is 0 Å². The first-order valence-corrected chi connectivity index (χ1v) is 7.17. The molecule has 1 aliphatic carbocycles. The molecule has 100 valence electrons. The van der Waals surface area contributed by atoms with Crippen LogP contribution in [0.15, 0.2) is 48.5 Å². The Kier molecular flexibility index (Phi) is 3.62. The molecule has 0 bridgehead atoms. The van der Waals surface area contributed by atoms with Crippen molar-refractivity contribution in [3.63, 3.8) is 0 Å². The third kappa shape index (κ3) is 2.64. The Morgan fingerprint density at radius 3 is 2.50 bits per heavy atom. The summed E-state index contributed by atoms with van der Waals surface area (Å²) < 4.78 is 0. The van der Waals surface area contributed by atoms with Gasteiger partial charge in [-0.25, -0.2) is 0 Å². The molecule has 2 aromatic carbocycles. The molecule has 0 amide bonds. The van der Waals surface area contributed by atoms with E-state index >= 15 is 0 Å². The molecular formula is C17H15ClN2. The van der Waals surface area contributed by atoms with E-state index < -0.39 is 0 Å². The predicted octanol–water partition coefficient (Wildman–Crippen LogP) is 4.89. The average molecular weight is 283 g/mol. The van der Waals surface area contributed by atoms with E-state index in [2.05, 4.69) is 17.5 Å². The molecule has 0 spiro atoms. The highest BCUT2D eigenvalue weighted by Crippen LogP contribution is 2.43. The summed E-state index contributed by atoms with van der Waals surface area (Å²) in [4.78, 5) is 0. The zero-order valence-corrected chi connectivity index (χ0v) is 11.8. The van der Waals surface area contributed by atoms with Crippen LogP contribution in [0.5, 0.6) is 0 Å². The van der Waals surface area contributed by atoms with Gasteiger partial charge in [0, 0.05) is 0 Å². The Labute approximate surface area is 124 Å². The molecule has 0 radical (unpaired) electrons. The molecular weight excluding hydrogens is 268 g/mol. The van der Waals surface area contributed by atoms with Gasteiger partial charge in [0.05, 0.1) is 16.8 Å². The van der Waals surface area contributed by atoms with Crippen molar-refractivity contribution in [1.82, 2.24) is 0 Å². The molecule has 1 saturated carbocycles. The van der Waals surface area contributed by atoms with Crippen molar-refractivity contribution in [2.75, 3.05) is 5.32 Å². The van der Waals surface area contributed by atoms with E-state index in [4.69, 9.17) is 11.6 Å². The maximum Gasteiger partial charge on any atom is 0.140 e. The molecule has 0 aliphatic heterocycles. The lowest BCUT2D eigenvalue weighted by Crippen LogP contribution is -2.11. The second kappa shape index (κ2) is 5.56. The highest BCUT2D eigenvalue weighted by atomic mass is 35.5. The summed E-state index contributed by atoms with van der Waals surface area (Å²) in [5, 5.41) is 13.4. The van der Waals surface area contributed by atoms with Crippen LogP contribution in [0.25, 0.3) is 0 Å². The number of nitrogens with one attached hydrogen (secondary N) is 1. The number of anilines is 1. The number of rotatable bonds is 4. The van der Waals surface area contributed by atoms with Gasteiger partial charge in [0.1, 0.15) is 6.04 Å². The van der Waals surface area contributed by atoms with Gasteiger partial charge in [-0.05, 0) is 42.0 Å². The topological polar surface area (TPSA) is 35.8 Å². The third-order valence-electron chi connectivity index (χ3n) is 3.63. The van der Waals surface area contributed by atoms with E-state index in [1.807, 2.05) is 42.5 Å². The van der Waals surface area contributed by atoms with Gasteiger partial charge in [0.2, 0.25) is 0 Å². The third-order valence-corrected chi connectivity index (χ3v) is 3.96. The van der Waals surface area contributed by atoms with Gasteiger partial charge in [0.25, 0.3) is 0 Å². The number of nitriles is 1. The van der Waals surface area contributed by atoms with Crippen molar-refractivity contribution >= 4 is 17.3 Å². The monoisotopic (exact) mass is 282 g/mol. The predicted molar refractivity (Wildman–Crippen MR) is 81.8 cm³/mol. The van der Waals surface area contributed by atoms with E-state index in [-0.39, 0.29) is 6.04 Å². The Bertz CT molecular complexity index is 656. The Hall–Kier alpha value is -1.98. The number of hydrogen-bond donors (Lipinski definition) is 1. The fourth-order valence-electron chi connectivity index (χ4n) is 2.45. The van der Waals surface area contributed by atoms with Crippen LogP contribution in [0.4, 0.5) is 5.69 Å². The summed E-state index contributed by atoms with van der Waals surface area (Å²) in [5.74, 6) is 0.620. The van der Waals surface area contributed by atoms with Crippen molar-refractivity contribution in [2.45, 2.75) is 24.8 Å². The van der Waals surface area contributed by atoms with Crippen LogP contribution in [0.3, 0.4) is 0 Å². The minimum atomic E-state index is -0.369. The number of nitrogens with zero attached hydrogens (tertiary/aromatic N) is 1. The molecule has 3 rings (SSSR count).